The number of carbonyl (C=O) groups excluding carboxylic acids is 1. The molecular formula is C18H13N3O3. The van der Waals surface area contributed by atoms with E-state index in [1.165, 1.54) is 0 Å². The second-order valence-corrected chi connectivity index (χ2v) is 5.32. The van der Waals surface area contributed by atoms with Crippen LogP contribution >= 0.6 is 0 Å². The highest BCUT2D eigenvalue weighted by Crippen LogP contribution is 2.18. The van der Waals surface area contributed by atoms with E-state index >= 15 is 0 Å². The zero-order valence-electron chi connectivity index (χ0n) is 12.5. The van der Waals surface area contributed by atoms with E-state index in [-0.39, 0.29) is 5.91 Å². The molecule has 0 spiro atoms. The van der Waals surface area contributed by atoms with Crippen LogP contribution < -0.4 is 11.1 Å². The molecule has 0 saturated heterocycles. The molecule has 0 unspecified atom stereocenters. The molecule has 2 aromatic carbocycles. The van der Waals surface area contributed by atoms with E-state index in [2.05, 4.69) is 10.3 Å². The summed E-state index contributed by atoms with van der Waals surface area (Å²) in [5.41, 5.74) is 2.99. The van der Waals surface area contributed by atoms with Crippen molar-refractivity contribution in [2.45, 2.75) is 0 Å². The summed E-state index contributed by atoms with van der Waals surface area (Å²) in [7, 11) is 0. The van der Waals surface area contributed by atoms with E-state index in [1.807, 2.05) is 47.3 Å². The fourth-order valence-electron chi connectivity index (χ4n) is 2.54. The van der Waals surface area contributed by atoms with E-state index in [1.54, 1.807) is 24.3 Å². The first-order valence-corrected chi connectivity index (χ1v) is 7.37. The van der Waals surface area contributed by atoms with Crippen LogP contribution in [0.5, 0.6) is 0 Å². The Morgan fingerprint density at radius 1 is 1.04 bits per heavy atom. The lowest BCUT2D eigenvalue weighted by Crippen LogP contribution is -2.12. The van der Waals surface area contributed by atoms with Gasteiger partial charge in [-0.3, -0.25) is 9.78 Å². The number of hydrogen-bond donors (Lipinski definition) is 2. The summed E-state index contributed by atoms with van der Waals surface area (Å²) in [5, 5.41) is 2.81. The number of hydrogen-bond acceptors (Lipinski definition) is 3. The highest BCUT2D eigenvalue weighted by molar-refractivity contribution is 6.05. The van der Waals surface area contributed by atoms with Gasteiger partial charge in [-0.2, -0.15) is 0 Å². The maximum atomic E-state index is 12.5. The van der Waals surface area contributed by atoms with E-state index in [0.29, 0.717) is 22.4 Å². The van der Waals surface area contributed by atoms with Crippen LogP contribution in [0, 0.1) is 0 Å². The van der Waals surface area contributed by atoms with E-state index < -0.39 is 5.76 Å². The molecule has 2 N–H and O–H groups in total. The van der Waals surface area contributed by atoms with Crippen molar-refractivity contribution >= 4 is 22.7 Å². The van der Waals surface area contributed by atoms with Gasteiger partial charge in [-0.25, -0.2) is 4.79 Å². The van der Waals surface area contributed by atoms with E-state index in [9.17, 15) is 9.59 Å². The van der Waals surface area contributed by atoms with Gasteiger partial charge in [0.05, 0.1) is 5.52 Å². The molecule has 24 heavy (non-hydrogen) atoms. The molecule has 0 bridgehead atoms. The minimum atomic E-state index is -0.520. The van der Waals surface area contributed by atoms with Crippen molar-refractivity contribution in [2.24, 2.45) is 0 Å². The number of benzene rings is 2. The van der Waals surface area contributed by atoms with Crippen molar-refractivity contribution in [1.82, 2.24) is 9.55 Å². The zero-order chi connectivity index (χ0) is 16.5. The Labute approximate surface area is 136 Å². The number of aromatic amines is 1. The molecule has 4 rings (SSSR count). The molecule has 2 heterocycles. The summed E-state index contributed by atoms with van der Waals surface area (Å²) in [6.07, 6.45) is 3.83. The van der Waals surface area contributed by atoms with Gasteiger partial charge in [0.2, 0.25) is 0 Å². The average molecular weight is 319 g/mol. The summed E-state index contributed by atoms with van der Waals surface area (Å²) in [6, 6.07) is 16.2. The van der Waals surface area contributed by atoms with Crippen LogP contribution in [-0.2, 0) is 0 Å². The van der Waals surface area contributed by atoms with Crippen LogP contribution in [0.15, 0.2) is 76.2 Å². The third kappa shape index (κ3) is 2.61. The molecule has 0 fully saturated rings. The summed E-state index contributed by atoms with van der Waals surface area (Å²) >= 11 is 0. The van der Waals surface area contributed by atoms with E-state index in [4.69, 9.17) is 4.42 Å². The number of rotatable bonds is 3. The second kappa shape index (κ2) is 5.58. The van der Waals surface area contributed by atoms with Gasteiger partial charge in [0.1, 0.15) is 0 Å². The Morgan fingerprint density at radius 3 is 2.71 bits per heavy atom. The second-order valence-electron chi connectivity index (χ2n) is 5.32. The minimum Gasteiger partial charge on any atom is -0.408 e. The standard InChI is InChI=1S/C18H13N3O3/c22-17(12-4-3-5-14(10-12)21-8-1-2-9-21)19-13-6-7-15-16(11-13)24-18(23)20-15/h1-11H,(H,19,22)(H,20,23). The number of carbonyl (C=O) groups is 1. The van der Waals surface area contributed by atoms with Gasteiger partial charge in [-0.1, -0.05) is 6.07 Å². The molecule has 0 atom stereocenters. The van der Waals surface area contributed by atoms with Gasteiger partial charge in [0, 0.05) is 35.4 Å². The zero-order valence-corrected chi connectivity index (χ0v) is 12.5. The van der Waals surface area contributed by atoms with Gasteiger partial charge in [-0.15, -0.1) is 0 Å². The van der Waals surface area contributed by atoms with Crippen LogP contribution in [0.25, 0.3) is 16.8 Å². The number of anilines is 1. The number of nitrogens with zero attached hydrogens (tertiary/aromatic N) is 1. The maximum Gasteiger partial charge on any atom is 0.417 e. The molecule has 0 saturated carbocycles. The van der Waals surface area contributed by atoms with Crippen molar-refractivity contribution in [1.29, 1.82) is 0 Å². The number of H-pyrrole nitrogens is 1. The molecule has 1 amide bonds. The number of aromatic nitrogens is 2. The molecule has 0 radical (unpaired) electrons. The highest BCUT2D eigenvalue weighted by Gasteiger charge is 2.09. The van der Waals surface area contributed by atoms with E-state index in [0.717, 1.165) is 5.69 Å². The van der Waals surface area contributed by atoms with Gasteiger partial charge in [0.15, 0.2) is 5.58 Å². The van der Waals surface area contributed by atoms with Crippen molar-refractivity contribution in [3.05, 3.63) is 83.1 Å². The van der Waals surface area contributed by atoms with Crippen molar-refractivity contribution in [3.8, 4) is 5.69 Å². The number of oxazole rings is 1. The third-order valence-electron chi connectivity index (χ3n) is 3.69. The third-order valence-corrected chi connectivity index (χ3v) is 3.69. The molecule has 6 nitrogen and oxygen atoms in total. The molecule has 0 aliphatic rings. The van der Waals surface area contributed by atoms with Gasteiger partial charge >= 0.3 is 5.76 Å². The predicted molar refractivity (Wildman–Crippen MR) is 90.6 cm³/mol. The Balaban J connectivity index is 1.61. The predicted octanol–water partition coefficient (Wildman–Crippen LogP) is 3.16. The number of fused-ring (bicyclic) bond motifs is 1. The number of nitrogens with one attached hydrogen (secondary N) is 2. The fourth-order valence-corrected chi connectivity index (χ4v) is 2.54. The molecule has 0 aliphatic heterocycles. The summed E-state index contributed by atoms with van der Waals surface area (Å²) in [4.78, 5) is 26.2. The summed E-state index contributed by atoms with van der Waals surface area (Å²) < 4.78 is 6.93. The Bertz CT molecular complexity index is 1070. The van der Waals surface area contributed by atoms with Crippen LogP contribution in [0.2, 0.25) is 0 Å². The minimum absolute atomic E-state index is 0.235. The average Bonchev–Trinajstić information content (AvgIpc) is 3.23. The highest BCUT2D eigenvalue weighted by atomic mass is 16.4. The first kappa shape index (κ1) is 14.1. The first-order chi connectivity index (χ1) is 11.7. The van der Waals surface area contributed by atoms with Crippen molar-refractivity contribution in [2.75, 3.05) is 5.32 Å². The van der Waals surface area contributed by atoms with Crippen LogP contribution in [-0.4, -0.2) is 15.5 Å². The SMILES string of the molecule is O=C(Nc1ccc2[nH]c(=O)oc2c1)c1cccc(-n2cccc2)c1. The monoisotopic (exact) mass is 319 g/mol. The Hall–Kier alpha value is -3.54. The topological polar surface area (TPSA) is 80.0 Å². The quantitative estimate of drug-likeness (QED) is 0.608. The lowest BCUT2D eigenvalue weighted by atomic mass is 10.1. The van der Waals surface area contributed by atoms with Crippen LogP contribution in [0.1, 0.15) is 10.4 Å². The molecule has 118 valence electrons. The molecular weight excluding hydrogens is 306 g/mol. The largest absolute Gasteiger partial charge is 0.417 e. The van der Waals surface area contributed by atoms with Gasteiger partial charge < -0.3 is 14.3 Å². The van der Waals surface area contributed by atoms with Gasteiger partial charge in [-0.05, 0) is 42.5 Å². The lowest BCUT2D eigenvalue weighted by molar-refractivity contribution is 0.102. The molecule has 4 aromatic rings. The summed E-state index contributed by atoms with van der Waals surface area (Å²) in [5.74, 6) is -0.755. The normalized spacial score (nSPS) is 10.8. The first-order valence-electron chi connectivity index (χ1n) is 7.37. The lowest BCUT2D eigenvalue weighted by Gasteiger charge is -2.08. The molecule has 0 aliphatic carbocycles. The van der Waals surface area contributed by atoms with Gasteiger partial charge in [0.25, 0.3) is 5.91 Å². The van der Waals surface area contributed by atoms with Crippen LogP contribution in [0.4, 0.5) is 5.69 Å². The van der Waals surface area contributed by atoms with Crippen molar-refractivity contribution in [3.63, 3.8) is 0 Å². The fraction of sp³-hybridized carbons (Fsp3) is 0. The van der Waals surface area contributed by atoms with Crippen LogP contribution in [0.3, 0.4) is 0 Å². The number of amides is 1. The maximum absolute atomic E-state index is 12.5. The summed E-state index contributed by atoms with van der Waals surface area (Å²) in [6.45, 7) is 0. The molecule has 6 heteroatoms. The Morgan fingerprint density at radius 2 is 1.88 bits per heavy atom. The smallest absolute Gasteiger partial charge is 0.408 e. The molecule has 2 aromatic heterocycles. The Kier molecular flexibility index (Phi) is 3.28. The van der Waals surface area contributed by atoms with Crippen molar-refractivity contribution < 1.29 is 9.21 Å².